The number of piperidine rings is 1. The van der Waals surface area contributed by atoms with Gasteiger partial charge < -0.3 is 24.4 Å². The average Bonchev–Trinajstić information content (AvgIpc) is 3.25. The molecule has 0 aromatic heterocycles. The lowest BCUT2D eigenvalue weighted by Crippen LogP contribution is -2.40. The van der Waals surface area contributed by atoms with E-state index in [2.05, 4.69) is 21.2 Å². The number of hydrogen-bond donors (Lipinski definition) is 1. The summed E-state index contributed by atoms with van der Waals surface area (Å²) in [6.07, 6.45) is 4.55. The van der Waals surface area contributed by atoms with Gasteiger partial charge in [-0.05, 0) is 49.2 Å². The van der Waals surface area contributed by atoms with Crippen LogP contribution in [0.2, 0.25) is 0 Å². The minimum atomic E-state index is -0.136. The number of rotatable bonds is 5. The molecule has 2 aliphatic heterocycles. The molecule has 1 saturated heterocycles. The molecule has 0 atom stereocenters. The van der Waals surface area contributed by atoms with E-state index < -0.39 is 0 Å². The van der Waals surface area contributed by atoms with E-state index in [0.29, 0.717) is 48.9 Å². The predicted molar refractivity (Wildman–Crippen MR) is 120 cm³/mol. The molecule has 7 nitrogen and oxygen atoms in total. The van der Waals surface area contributed by atoms with Crippen molar-refractivity contribution in [1.82, 2.24) is 4.90 Å². The Bertz CT molecular complexity index is 1020. The van der Waals surface area contributed by atoms with Gasteiger partial charge in [-0.1, -0.05) is 15.9 Å². The van der Waals surface area contributed by atoms with Gasteiger partial charge in [0.2, 0.25) is 18.6 Å². The number of halogens is 1. The molecule has 2 amide bonds. The first-order valence-corrected chi connectivity index (χ1v) is 10.8. The number of carbonyl (C=O) groups is 2. The number of benzene rings is 2. The molecular formula is C23H23BrN2O5. The highest BCUT2D eigenvalue weighted by molar-refractivity contribution is 9.10. The standard InChI is InChI=1S/C23H23BrN2O5/c1-29-19-5-3-17(24)12-16(19)2-7-22(27)26-10-8-15(9-11-26)23(28)25-18-4-6-20-21(13-18)31-14-30-20/h2-7,12-13,15H,8-11,14H2,1H3,(H,25,28). The number of amides is 2. The topological polar surface area (TPSA) is 77.1 Å². The zero-order valence-electron chi connectivity index (χ0n) is 17.1. The van der Waals surface area contributed by atoms with Crippen molar-refractivity contribution in [1.29, 1.82) is 0 Å². The van der Waals surface area contributed by atoms with Crippen molar-refractivity contribution < 1.29 is 23.8 Å². The molecule has 0 unspecified atom stereocenters. The third-order valence-corrected chi connectivity index (χ3v) is 5.91. The molecule has 1 N–H and O–H groups in total. The fourth-order valence-electron chi connectivity index (χ4n) is 3.68. The van der Waals surface area contributed by atoms with Gasteiger partial charge in [0.25, 0.3) is 0 Å². The summed E-state index contributed by atoms with van der Waals surface area (Å²) in [6, 6.07) is 11.0. The molecule has 162 valence electrons. The van der Waals surface area contributed by atoms with E-state index in [-0.39, 0.29) is 24.5 Å². The number of fused-ring (bicyclic) bond motifs is 1. The Morgan fingerprint density at radius 1 is 1.13 bits per heavy atom. The van der Waals surface area contributed by atoms with Crippen molar-refractivity contribution in [3.05, 3.63) is 52.5 Å². The average molecular weight is 487 g/mol. The van der Waals surface area contributed by atoms with Crippen LogP contribution in [0.5, 0.6) is 17.2 Å². The first kappa shape index (κ1) is 21.2. The van der Waals surface area contributed by atoms with Crippen LogP contribution in [0.3, 0.4) is 0 Å². The Balaban J connectivity index is 1.30. The van der Waals surface area contributed by atoms with Crippen LogP contribution in [0.4, 0.5) is 5.69 Å². The molecule has 0 radical (unpaired) electrons. The van der Waals surface area contributed by atoms with Crippen LogP contribution in [-0.2, 0) is 9.59 Å². The van der Waals surface area contributed by atoms with Gasteiger partial charge in [-0.25, -0.2) is 0 Å². The van der Waals surface area contributed by atoms with Gasteiger partial charge in [-0.15, -0.1) is 0 Å². The normalized spacial score (nSPS) is 15.9. The molecule has 4 rings (SSSR count). The SMILES string of the molecule is COc1ccc(Br)cc1C=CC(=O)N1CCC(C(=O)Nc2ccc3c(c2)OCO3)CC1. The van der Waals surface area contributed by atoms with E-state index in [9.17, 15) is 9.59 Å². The number of likely N-dealkylation sites (tertiary alicyclic amines) is 1. The number of ether oxygens (including phenoxy) is 3. The second kappa shape index (κ2) is 9.43. The van der Waals surface area contributed by atoms with E-state index in [1.807, 2.05) is 18.2 Å². The number of nitrogens with one attached hydrogen (secondary N) is 1. The minimum absolute atomic E-state index is 0.0413. The van der Waals surface area contributed by atoms with Gasteiger partial charge in [0, 0.05) is 46.9 Å². The second-order valence-electron chi connectivity index (χ2n) is 7.38. The minimum Gasteiger partial charge on any atom is -0.496 e. The fraction of sp³-hybridized carbons (Fsp3) is 0.304. The smallest absolute Gasteiger partial charge is 0.246 e. The Morgan fingerprint density at radius 2 is 1.90 bits per heavy atom. The van der Waals surface area contributed by atoms with E-state index >= 15 is 0 Å². The summed E-state index contributed by atoms with van der Waals surface area (Å²) in [5.41, 5.74) is 1.50. The number of methoxy groups -OCH3 is 1. The molecule has 31 heavy (non-hydrogen) atoms. The fourth-order valence-corrected chi connectivity index (χ4v) is 4.06. The van der Waals surface area contributed by atoms with Gasteiger partial charge in [-0.3, -0.25) is 9.59 Å². The molecule has 2 heterocycles. The van der Waals surface area contributed by atoms with E-state index in [0.717, 1.165) is 10.0 Å². The van der Waals surface area contributed by atoms with Crippen molar-refractivity contribution in [3.63, 3.8) is 0 Å². The monoisotopic (exact) mass is 486 g/mol. The van der Waals surface area contributed by atoms with E-state index in [1.165, 1.54) is 0 Å². The third kappa shape index (κ3) is 5.02. The van der Waals surface area contributed by atoms with Crippen LogP contribution >= 0.6 is 15.9 Å². The summed E-state index contributed by atoms with van der Waals surface area (Å²) < 4.78 is 16.9. The van der Waals surface area contributed by atoms with Gasteiger partial charge in [0.1, 0.15) is 5.75 Å². The highest BCUT2D eigenvalue weighted by atomic mass is 79.9. The van der Waals surface area contributed by atoms with Gasteiger partial charge in [0.15, 0.2) is 11.5 Å². The number of nitrogens with zero attached hydrogens (tertiary/aromatic N) is 1. The first-order chi connectivity index (χ1) is 15.0. The van der Waals surface area contributed by atoms with Crippen LogP contribution in [-0.4, -0.2) is 43.7 Å². The summed E-state index contributed by atoms with van der Waals surface area (Å²) in [6.45, 7) is 1.28. The summed E-state index contributed by atoms with van der Waals surface area (Å²) in [5.74, 6) is 1.76. The summed E-state index contributed by atoms with van der Waals surface area (Å²) >= 11 is 3.43. The number of anilines is 1. The van der Waals surface area contributed by atoms with Crippen molar-refractivity contribution in [2.75, 3.05) is 32.3 Å². The maximum absolute atomic E-state index is 12.6. The van der Waals surface area contributed by atoms with Crippen molar-refractivity contribution >= 4 is 39.5 Å². The molecule has 0 saturated carbocycles. The molecular weight excluding hydrogens is 464 g/mol. The summed E-state index contributed by atoms with van der Waals surface area (Å²) in [5, 5.41) is 2.94. The lowest BCUT2D eigenvalue weighted by atomic mass is 9.95. The van der Waals surface area contributed by atoms with Crippen LogP contribution < -0.4 is 19.5 Å². The van der Waals surface area contributed by atoms with E-state index in [4.69, 9.17) is 14.2 Å². The lowest BCUT2D eigenvalue weighted by Gasteiger charge is -2.30. The zero-order chi connectivity index (χ0) is 21.8. The molecule has 2 aromatic rings. The molecule has 8 heteroatoms. The summed E-state index contributed by atoms with van der Waals surface area (Å²) in [4.78, 5) is 27.0. The van der Waals surface area contributed by atoms with Gasteiger partial charge >= 0.3 is 0 Å². The number of carbonyl (C=O) groups excluding carboxylic acids is 2. The molecule has 1 fully saturated rings. The maximum Gasteiger partial charge on any atom is 0.246 e. The Kier molecular flexibility index (Phi) is 6.46. The maximum atomic E-state index is 12.6. The van der Waals surface area contributed by atoms with Gasteiger partial charge in [0.05, 0.1) is 7.11 Å². The van der Waals surface area contributed by atoms with Crippen LogP contribution in [0.1, 0.15) is 18.4 Å². The molecule has 0 spiro atoms. The first-order valence-electron chi connectivity index (χ1n) is 10.0. The van der Waals surface area contributed by atoms with Crippen LogP contribution in [0.15, 0.2) is 46.9 Å². The Hall–Kier alpha value is -3.00. The van der Waals surface area contributed by atoms with Crippen molar-refractivity contribution in [2.45, 2.75) is 12.8 Å². The highest BCUT2D eigenvalue weighted by Crippen LogP contribution is 2.34. The Labute approximate surface area is 189 Å². The molecule has 0 aliphatic carbocycles. The van der Waals surface area contributed by atoms with Crippen LogP contribution in [0, 0.1) is 5.92 Å². The third-order valence-electron chi connectivity index (χ3n) is 5.41. The van der Waals surface area contributed by atoms with Crippen molar-refractivity contribution in [2.24, 2.45) is 5.92 Å². The Morgan fingerprint density at radius 3 is 2.68 bits per heavy atom. The molecule has 2 aromatic carbocycles. The van der Waals surface area contributed by atoms with E-state index in [1.54, 1.807) is 42.4 Å². The lowest BCUT2D eigenvalue weighted by molar-refractivity contribution is -0.130. The van der Waals surface area contributed by atoms with Crippen molar-refractivity contribution in [3.8, 4) is 17.2 Å². The predicted octanol–water partition coefficient (Wildman–Crippen LogP) is 4.08. The second-order valence-corrected chi connectivity index (χ2v) is 8.29. The summed E-state index contributed by atoms with van der Waals surface area (Å²) in [7, 11) is 1.60. The quantitative estimate of drug-likeness (QED) is 0.644. The van der Waals surface area contributed by atoms with Gasteiger partial charge in [-0.2, -0.15) is 0 Å². The highest BCUT2D eigenvalue weighted by Gasteiger charge is 2.27. The number of hydrogen-bond acceptors (Lipinski definition) is 5. The zero-order valence-corrected chi connectivity index (χ0v) is 18.7. The molecule has 2 aliphatic rings. The van der Waals surface area contributed by atoms with Crippen LogP contribution in [0.25, 0.3) is 6.08 Å². The largest absolute Gasteiger partial charge is 0.496 e. The molecule has 0 bridgehead atoms.